The molecule has 0 bridgehead atoms. The molecule has 3 nitrogen and oxygen atoms in total. The number of pyridine rings is 1. The van der Waals surface area contributed by atoms with Crippen LogP contribution in [-0.2, 0) is 0 Å². The SMILES string of the molecule is CCN(C)c1ncc([C@@H](N)c2ccccc2)cc1C. The van der Waals surface area contributed by atoms with Gasteiger partial charge in [-0.15, -0.1) is 0 Å². The van der Waals surface area contributed by atoms with Crippen molar-refractivity contribution >= 4 is 5.82 Å². The molecule has 2 aromatic rings. The molecular weight excluding hydrogens is 234 g/mol. The Bertz CT molecular complexity index is 537. The summed E-state index contributed by atoms with van der Waals surface area (Å²) in [6.07, 6.45) is 1.88. The van der Waals surface area contributed by atoms with Crippen LogP contribution in [0.15, 0.2) is 42.6 Å². The molecule has 0 radical (unpaired) electrons. The molecule has 0 saturated heterocycles. The lowest BCUT2D eigenvalue weighted by Gasteiger charge is -2.20. The first-order chi connectivity index (χ1) is 9.13. The summed E-state index contributed by atoms with van der Waals surface area (Å²) >= 11 is 0. The van der Waals surface area contributed by atoms with Gasteiger partial charge in [0.15, 0.2) is 0 Å². The van der Waals surface area contributed by atoms with Gasteiger partial charge < -0.3 is 10.6 Å². The van der Waals surface area contributed by atoms with Crippen molar-refractivity contribution in [2.45, 2.75) is 19.9 Å². The van der Waals surface area contributed by atoms with Crippen LogP contribution in [0.3, 0.4) is 0 Å². The summed E-state index contributed by atoms with van der Waals surface area (Å²) in [5.41, 5.74) is 9.61. The molecular formula is C16H21N3. The third-order valence-electron chi connectivity index (χ3n) is 3.43. The van der Waals surface area contributed by atoms with Gasteiger partial charge in [0, 0.05) is 19.8 Å². The molecule has 2 rings (SSSR count). The van der Waals surface area contributed by atoms with Crippen molar-refractivity contribution in [2.75, 3.05) is 18.5 Å². The van der Waals surface area contributed by atoms with Crippen molar-refractivity contribution in [1.82, 2.24) is 4.98 Å². The Hall–Kier alpha value is -1.87. The number of anilines is 1. The van der Waals surface area contributed by atoms with Crippen LogP contribution >= 0.6 is 0 Å². The van der Waals surface area contributed by atoms with Crippen molar-refractivity contribution in [1.29, 1.82) is 0 Å². The van der Waals surface area contributed by atoms with Gasteiger partial charge in [-0.3, -0.25) is 0 Å². The smallest absolute Gasteiger partial charge is 0.131 e. The molecule has 2 N–H and O–H groups in total. The topological polar surface area (TPSA) is 42.2 Å². The van der Waals surface area contributed by atoms with E-state index in [1.807, 2.05) is 43.6 Å². The normalized spacial score (nSPS) is 12.2. The van der Waals surface area contributed by atoms with E-state index in [1.54, 1.807) is 0 Å². The summed E-state index contributed by atoms with van der Waals surface area (Å²) in [4.78, 5) is 6.67. The molecule has 1 heterocycles. The van der Waals surface area contributed by atoms with E-state index in [9.17, 15) is 0 Å². The van der Waals surface area contributed by atoms with E-state index in [1.165, 1.54) is 0 Å². The predicted octanol–water partition coefficient (Wildman–Crippen LogP) is 2.89. The van der Waals surface area contributed by atoms with Crippen LogP contribution in [0.1, 0.15) is 29.7 Å². The highest BCUT2D eigenvalue weighted by Crippen LogP contribution is 2.23. The van der Waals surface area contributed by atoms with Crippen molar-refractivity contribution in [3.63, 3.8) is 0 Å². The molecule has 0 fully saturated rings. The number of aryl methyl sites for hydroxylation is 1. The summed E-state index contributed by atoms with van der Waals surface area (Å²) in [5.74, 6) is 1.02. The fourth-order valence-electron chi connectivity index (χ4n) is 2.16. The Balaban J connectivity index is 2.30. The van der Waals surface area contributed by atoms with E-state index in [-0.39, 0.29) is 6.04 Å². The maximum Gasteiger partial charge on any atom is 0.131 e. The molecule has 1 aromatic heterocycles. The highest BCUT2D eigenvalue weighted by atomic mass is 15.2. The minimum atomic E-state index is -0.117. The second-order valence-electron chi connectivity index (χ2n) is 4.81. The van der Waals surface area contributed by atoms with Crippen LogP contribution < -0.4 is 10.6 Å². The third kappa shape index (κ3) is 2.93. The van der Waals surface area contributed by atoms with Crippen LogP contribution in [0.25, 0.3) is 0 Å². The first-order valence-corrected chi connectivity index (χ1v) is 6.61. The molecule has 0 aliphatic carbocycles. The van der Waals surface area contributed by atoms with Gasteiger partial charge >= 0.3 is 0 Å². The van der Waals surface area contributed by atoms with E-state index < -0.39 is 0 Å². The molecule has 19 heavy (non-hydrogen) atoms. The van der Waals surface area contributed by atoms with Crippen molar-refractivity contribution in [2.24, 2.45) is 5.73 Å². The van der Waals surface area contributed by atoms with Crippen LogP contribution in [0.4, 0.5) is 5.82 Å². The van der Waals surface area contributed by atoms with E-state index >= 15 is 0 Å². The fourth-order valence-corrected chi connectivity index (χ4v) is 2.16. The van der Waals surface area contributed by atoms with Gasteiger partial charge in [0.2, 0.25) is 0 Å². The molecule has 1 atom stereocenters. The lowest BCUT2D eigenvalue weighted by Crippen LogP contribution is -2.19. The Labute approximate surface area is 115 Å². The highest BCUT2D eigenvalue weighted by Gasteiger charge is 2.12. The van der Waals surface area contributed by atoms with Gasteiger partial charge in [-0.1, -0.05) is 30.3 Å². The molecule has 0 unspecified atom stereocenters. The quantitative estimate of drug-likeness (QED) is 0.913. The summed E-state index contributed by atoms with van der Waals surface area (Å²) < 4.78 is 0. The minimum Gasteiger partial charge on any atom is -0.360 e. The lowest BCUT2D eigenvalue weighted by molar-refractivity contribution is 0.852. The summed E-state index contributed by atoms with van der Waals surface area (Å²) in [5, 5.41) is 0. The second kappa shape index (κ2) is 5.85. The van der Waals surface area contributed by atoms with Crippen LogP contribution in [0.2, 0.25) is 0 Å². The van der Waals surface area contributed by atoms with Crippen molar-refractivity contribution in [3.8, 4) is 0 Å². The third-order valence-corrected chi connectivity index (χ3v) is 3.43. The van der Waals surface area contributed by atoms with E-state index in [0.717, 1.165) is 29.1 Å². The molecule has 0 amide bonds. The highest BCUT2D eigenvalue weighted by molar-refractivity contribution is 5.47. The second-order valence-corrected chi connectivity index (χ2v) is 4.81. The molecule has 100 valence electrons. The van der Waals surface area contributed by atoms with Gasteiger partial charge in [0.1, 0.15) is 5.82 Å². The Kier molecular flexibility index (Phi) is 4.17. The maximum atomic E-state index is 6.29. The van der Waals surface area contributed by atoms with Gasteiger partial charge in [-0.25, -0.2) is 4.98 Å². The average molecular weight is 255 g/mol. The molecule has 3 heteroatoms. The first kappa shape index (κ1) is 13.6. The standard InChI is InChI=1S/C16H21N3/c1-4-19(3)16-12(2)10-14(11-18-16)15(17)13-8-6-5-7-9-13/h5-11,15H,4,17H2,1-3H3/t15-/m0/s1. The Morgan fingerprint density at radius 1 is 1.21 bits per heavy atom. The van der Waals surface area contributed by atoms with Crippen molar-refractivity contribution in [3.05, 3.63) is 59.3 Å². The molecule has 0 aliphatic heterocycles. The van der Waals surface area contributed by atoms with E-state index in [2.05, 4.69) is 29.8 Å². The molecule has 1 aromatic carbocycles. The number of nitrogens with zero attached hydrogens (tertiary/aromatic N) is 2. The molecule has 0 aliphatic rings. The summed E-state index contributed by atoms with van der Waals surface area (Å²) in [6.45, 7) is 5.14. The number of nitrogens with two attached hydrogens (primary N) is 1. The number of rotatable bonds is 4. The fraction of sp³-hybridized carbons (Fsp3) is 0.312. The van der Waals surface area contributed by atoms with E-state index in [4.69, 9.17) is 5.73 Å². The number of benzene rings is 1. The first-order valence-electron chi connectivity index (χ1n) is 6.61. The van der Waals surface area contributed by atoms with Gasteiger partial charge in [0.25, 0.3) is 0 Å². The molecule has 0 spiro atoms. The van der Waals surface area contributed by atoms with Gasteiger partial charge in [-0.05, 0) is 36.6 Å². The van der Waals surface area contributed by atoms with Crippen LogP contribution in [0, 0.1) is 6.92 Å². The average Bonchev–Trinajstić information content (AvgIpc) is 2.46. The Morgan fingerprint density at radius 3 is 2.47 bits per heavy atom. The minimum absolute atomic E-state index is 0.117. The maximum absolute atomic E-state index is 6.29. The van der Waals surface area contributed by atoms with Gasteiger partial charge in [-0.2, -0.15) is 0 Å². The lowest BCUT2D eigenvalue weighted by atomic mass is 10.00. The number of hydrogen-bond acceptors (Lipinski definition) is 3. The number of hydrogen-bond donors (Lipinski definition) is 1. The van der Waals surface area contributed by atoms with Crippen LogP contribution in [-0.4, -0.2) is 18.6 Å². The zero-order valence-electron chi connectivity index (χ0n) is 11.8. The monoisotopic (exact) mass is 255 g/mol. The predicted molar refractivity (Wildman–Crippen MR) is 80.4 cm³/mol. The number of aromatic nitrogens is 1. The molecule has 0 saturated carbocycles. The van der Waals surface area contributed by atoms with Crippen molar-refractivity contribution < 1.29 is 0 Å². The Morgan fingerprint density at radius 2 is 1.89 bits per heavy atom. The van der Waals surface area contributed by atoms with Gasteiger partial charge in [0.05, 0.1) is 6.04 Å². The largest absolute Gasteiger partial charge is 0.360 e. The summed E-state index contributed by atoms with van der Waals surface area (Å²) in [7, 11) is 2.05. The zero-order valence-corrected chi connectivity index (χ0v) is 11.8. The summed E-state index contributed by atoms with van der Waals surface area (Å²) in [6, 6.07) is 12.1. The van der Waals surface area contributed by atoms with Crippen LogP contribution in [0.5, 0.6) is 0 Å². The zero-order chi connectivity index (χ0) is 13.8. The van der Waals surface area contributed by atoms with E-state index in [0.29, 0.717) is 0 Å².